The maximum Gasteiger partial charge on any atom is 0.252 e. The van der Waals surface area contributed by atoms with E-state index in [1.807, 2.05) is 38.1 Å². The van der Waals surface area contributed by atoms with Crippen molar-refractivity contribution in [3.05, 3.63) is 41.5 Å². The highest BCUT2D eigenvalue weighted by atomic mass is 32.2. The van der Waals surface area contributed by atoms with Crippen LogP contribution in [0.4, 0.5) is 0 Å². The van der Waals surface area contributed by atoms with Crippen LogP contribution in [0.25, 0.3) is 0 Å². The zero-order valence-corrected chi connectivity index (χ0v) is 14.4. The predicted molar refractivity (Wildman–Crippen MR) is 90.5 cm³/mol. The number of carbonyl (C=O) groups excluding carboxylic acids is 1. The molecule has 1 aromatic heterocycles. The third-order valence-electron chi connectivity index (χ3n) is 3.17. The summed E-state index contributed by atoms with van der Waals surface area (Å²) >= 11 is 1.51. The third kappa shape index (κ3) is 5.37. The fourth-order valence-corrected chi connectivity index (χ4v) is 2.97. The second kappa shape index (κ2) is 8.69. The highest BCUT2D eigenvalue weighted by molar-refractivity contribution is 7.98. The lowest BCUT2D eigenvalue weighted by Crippen LogP contribution is -2.38. The van der Waals surface area contributed by atoms with Gasteiger partial charge in [-0.15, -0.1) is 11.8 Å². The van der Waals surface area contributed by atoms with Crippen molar-refractivity contribution < 1.29 is 9.32 Å². The lowest BCUT2D eigenvalue weighted by molar-refractivity contribution is 0.0947. The Morgan fingerprint density at radius 3 is 2.87 bits per heavy atom. The fraction of sp³-hybridized carbons (Fsp3) is 0.438. The Labute approximate surface area is 140 Å². The second-order valence-electron chi connectivity index (χ2n) is 5.19. The molecule has 2 N–H and O–H groups in total. The maximum atomic E-state index is 12.4. The average Bonchev–Trinajstić information content (AvgIpc) is 2.97. The van der Waals surface area contributed by atoms with E-state index in [4.69, 9.17) is 4.52 Å². The first-order valence-electron chi connectivity index (χ1n) is 7.62. The van der Waals surface area contributed by atoms with Crippen molar-refractivity contribution in [1.82, 2.24) is 20.8 Å². The zero-order chi connectivity index (χ0) is 16.7. The molecule has 1 atom stereocenters. The molecular formula is C16H22N4O2S. The molecule has 0 saturated carbocycles. The van der Waals surface area contributed by atoms with Crippen molar-refractivity contribution in [1.29, 1.82) is 0 Å². The predicted octanol–water partition coefficient (Wildman–Crippen LogP) is 2.40. The topological polar surface area (TPSA) is 80.0 Å². The zero-order valence-electron chi connectivity index (χ0n) is 13.6. The summed E-state index contributed by atoms with van der Waals surface area (Å²) in [5.74, 6) is 1.64. The Bertz CT molecular complexity index is 645. The number of aryl methyl sites for hydroxylation is 1. The van der Waals surface area contributed by atoms with E-state index in [1.165, 1.54) is 11.8 Å². The van der Waals surface area contributed by atoms with Gasteiger partial charge >= 0.3 is 0 Å². The van der Waals surface area contributed by atoms with Gasteiger partial charge in [0.2, 0.25) is 5.89 Å². The largest absolute Gasteiger partial charge is 0.350 e. The summed E-state index contributed by atoms with van der Waals surface area (Å²) in [6.07, 6.45) is 0. The number of likely N-dealkylation sites (N-methyl/N-ethyl adjacent to an activating group) is 1. The molecule has 1 aromatic carbocycles. The average molecular weight is 334 g/mol. The second-order valence-corrected chi connectivity index (χ2v) is 6.21. The van der Waals surface area contributed by atoms with Gasteiger partial charge in [0.1, 0.15) is 0 Å². The minimum atomic E-state index is -0.0698. The van der Waals surface area contributed by atoms with Gasteiger partial charge in [-0.25, -0.2) is 0 Å². The smallest absolute Gasteiger partial charge is 0.252 e. The van der Waals surface area contributed by atoms with Crippen LogP contribution < -0.4 is 10.6 Å². The number of amides is 1. The normalized spacial score (nSPS) is 12.1. The van der Waals surface area contributed by atoms with Crippen LogP contribution in [-0.4, -0.2) is 35.2 Å². The standard InChI is InChI=1S/C16H22N4O2S/c1-4-17-11(2)9-18-16(21)13-7-5-6-8-14(13)23-10-15-19-12(3)20-22-15/h5-8,11,17H,4,9-10H2,1-3H3,(H,18,21)/t11-/m1/s1. The number of benzene rings is 1. The number of carbonyl (C=O) groups is 1. The van der Waals surface area contributed by atoms with Gasteiger partial charge in [-0.2, -0.15) is 4.98 Å². The number of nitrogens with zero attached hydrogens (tertiary/aromatic N) is 2. The Morgan fingerprint density at radius 2 is 2.17 bits per heavy atom. The van der Waals surface area contributed by atoms with Gasteiger partial charge in [0, 0.05) is 17.5 Å². The van der Waals surface area contributed by atoms with Crippen molar-refractivity contribution in [2.24, 2.45) is 0 Å². The first-order valence-corrected chi connectivity index (χ1v) is 8.61. The number of thioether (sulfide) groups is 1. The van der Waals surface area contributed by atoms with Crippen LogP contribution in [0.3, 0.4) is 0 Å². The number of nitrogens with one attached hydrogen (secondary N) is 2. The van der Waals surface area contributed by atoms with Crippen molar-refractivity contribution in [2.75, 3.05) is 13.1 Å². The molecule has 2 rings (SSSR count). The van der Waals surface area contributed by atoms with Gasteiger partial charge in [-0.3, -0.25) is 4.79 Å². The molecule has 7 heteroatoms. The van der Waals surface area contributed by atoms with E-state index in [0.717, 1.165) is 11.4 Å². The summed E-state index contributed by atoms with van der Waals surface area (Å²) in [4.78, 5) is 17.5. The van der Waals surface area contributed by atoms with Gasteiger partial charge in [-0.1, -0.05) is 24.2 Å². The molecule has 124 valence electrons. The first kappa shape index (κ1) is 17.5. The lowest BCUT2D eigenvalue weighted by atomic mass is 10.2. The molecule has 0 saturated heterocycles. The van der Waals surface area contributed by atoms with Crippen LogP contribution in [0.1, 0.15) is 35.9 Å². The molecule has 0 spiro atoms. The highest BCUT2D eigenvalue weighted by Gasteiger charge is 2.13. The number of hydrogen-bond acceptors (Lipinski definition) is 6. The molecule has 6 nitrogen and oxygen atoms in total. The number of hydrogen-bond donors (Lipinski definition) is 2. The molecular weight excluding hydrogens is 312 g/mol. The van der Waals surface area contributed by atoms with Gasteiger partial charge in [0.05, 0.1) is 11.3 Å². The van der Waals surface area contributed by atoms with E-state index in [2.05, 4.69) is 20.8 Å². The fourth-order valence-electron chi connectivity index (χ4n) is 2.08. The number of rotatable bonds is 8. The van der Waals surface area contributed by atoms with E-state index >= 15 is 0 Å². The highest BCUT2D eigenvalue weighted by Crippen LogP contribution is 2.25. The third-order valence-corrected chi connectivity index (χ3v) is 4.23. The van der Waals surface area contributed by atoms with Crippen LogP contribution in [-0.2, 0) is 5.75 Å². The molecule has 0 unspecified atom stereocenters. The molecule has 1 amide bonds. The van der Waals surface area contributed by atoms with E-state index in [-0.39, 0.29) is 11.9 Å². The molecule has 0 aliphatic rings. The van der Waals surface area contributed by atoms with Crippen LogP contribution in [0.2, 0.25) is 0 Å². The van der Waals surface area contributed by atoms with Gasteiger partial charge in [0.15, 0.2) is 5.82 Å². The van der Waals surface area contributed by atoms with E-state index in [9.17, 15) is 4.79 Å². The Hall–Kier alpha value is -1.86. The Balaban J connectivity index is 1.97. The van der Waals surface area contributed by atoms with E-state index < -0.39 is 0 Å². The molecule has 0 fully saturated rings. The van der Waals surface area contributed by atoms with Gasteiger partial charge in [0.25, 0.3) is 5.91 Å². The van der Waals surface area contributed by atoms with Gasteiger partial charge < -0.3 is 15.2 Å². The SMILES string of the molecule is CCN[C@H](C)CNC(=O)c1ccccc1SCc1nc(C)no1. The van der Waals surface area contributed by atoms with Crippen LogP contribution in [0.5, 0.6) is 0 Å². The Morgan fingerprint density at radius 1 is 1.39 bits per heavy atom. The first-order chi connectivity index (χ1) is 11.1. The molecule has 23 heavy (non-hydrogen) atoms. The van der Waals surface area contributed by atoms with Crippen molar-refractivity contribution in [2.45, 2.75) is 37.5 Å². The van der Waals surface area contributed by atoms with Crippen molar-refractivity contribution in [3.8, 4) is 0 Å². The minimum absolute atomic E-state index is 0.0698. The van der Waals surface area contributed by atoms with Crippen molar-refractivity contribution in [3.63, 3.8) is 0 Å². The summed E-state index contributed by atoms with van der Waals surface area (Å²) in [5, 5.41) is 10.00. The summed E-state index contributed by atoms with van der Waals surface area (Å²) < 4.78 is 5.10. The van der Waals surface area contributed by atoms with Crippen LogP contribution in [0.15, 0.2) is 33.7 Å². The van der Waals surface area contributed by atoms with Gasteiger partial charge in [-0.05, 0) is 32.5 Å². The van der Waals surface area contributed by atoms with Crippen LogP contribution >= 0.6 is 11.8 Å². The van der Waals surface area contributed by atoms with Crippen molar-refractivity contribution >= 4 is 17.7 Å². The minimum Gasteiger partial charge on any atom is -0.350 e. The summed E-state index contributed by atoms with van der Waals surface area (Å²) in [6, 6.07) is 7.78. The summed E-state index contributed by atoms with van der Waals surface area (Å²) in [7, 11) is 0. The molecule has 0 radical (unpaired) electrons. The molecule has 0 bridgehead atoms. The molecule has 0 aliphatic heterocycles. The summed E-state index contributed by atoms with van der Waals surface area (Å²) in [5.41, 5.74) is 0.664. The quantitative estimate of drug-likeness (QED) is 0.722. The summed E-state index contributed by atoms with van der Waals surface area (Å²) in [6.45, 7) is 7.35. The maximum absolute atomic E-state index is 12.4. The van der Waals surface area contributed by atoms with E-state index in [1.54, 1.807) is 6.92 Å². The molecule has 0 aliphatic carbocycles. The number of aromatic nitrogens is 2. The molecule has 2 aromatic rings. The Kier molecular flexibility index (Phi) is 6.61. The molecule has 1 heterocycles. The monoisotopic (exact) mass is 334 g/mol. The lowest BCUT2D eigenvalue weighted by Gasteiger charge is -2.14. The van der Waals surface area contributed by atoms with E-state index in [0.29, 0.717) is 29.6 Å². The van der Waals surface area contributed by atoms with Crippen LogP contribution in [0, 0.1) is 6.92 Å².